The van der Waals surface area contributed by atoms with Crippen molar-refractivity contribution in [3.8, 4) is 17.1 Å². The number of para-hydroxylation sites is 1. The normalized spacial score (nSPS) is 13.7. The molecule has 1 aliphatic heterocycles. The van der Waals surface area contributed by atoms with E-state index < -0.39 is 17.5 Å². The Balaban J connectivity index is 1.15. The van der Waals surface area contributed by atoms with Crippen molar-refractivity contribution in [2.75, 3.05) is 57.8 Å². The summed E-state index contributed by atoms with van der Waals surface area (Å²) in [6.07, 6.45) is 3.04. The number of likely N-dealkylation sites (N-methyl/N-ethyl adjacent to an activating group) is 1. The number of anilines is 1. The van der Waals surface area contributed by atoms with E-state index in [4.69, 9.17) is 0 Å². The summed E-state index contributed by atoms with van der Waals surface area (Å²) in [7, 11) is 2.00. The monoisotopic (exact) mass is 628 g/mol. The molecule has 238 valence electrons. The molecule has 1 saturated heterocycles. The number of Topliss-reactive ketones (excluding diaryl/α,β-unsaturated/α-hetero) is 1. The molecule has 1 aromatic carbocycles. The van der Waals surface area contributed by atoms with E-state index in [1.807, 2.05) is 49.2 Å². The van der Waals surface area contributed by atoms with Crippen molar-refractivity contribution in [2.24, 2.45) is 0 Å². The molecule has 1 aliphatic rings. The summed E-state index contributed by atoms with van der Waals surface area (Å²) in [5.41, 5.74) is 1.62. The summed E-state index contributed by atoms with van der Waals surface area (Å²) < 4.78 is 16.7. The Morgan fingerprint density at radius 1 is 1.09 bits per heavy atom. The topological polar surface area (TPSA) is 174 Å². The number of fused-ring (bicyclic) bond motifs is 1. The molecule has 0 aliphatic carbocycles. The van der Waals surface area contributed by atoms with Crippen LogP contribution in [-0.2, 0) is 4.79 Å². The number of ketones is 1. The fourth-order valence-electron chi connectivity index (χ4n) is 5.42. The van der Waals surface area contributed by atoms with Gasteiger partial charge in [0.05, 0.1) is 28.4 Å². The number of carbonyl (C=O) groups excluding carboxylic acids is 3. The first-order valence-corrected chi connectivity index (χ1v) is 15.0. The predicted octanol–water partition coefficient (Wildman–Crippen LogP) is 1.67. The van der Waals surface area contributed by atoms with Crippen LogP contribution in [0.5, 0.6) is 0 Å². The van der Waals surface area contributed by atoms with Gasteiger partial charge in [-0.3, -0.25) is 19.5 Å². The molecule has 4 aromatic heterocycles. The van der Waals surface area contributed by atoms with E-state index in [2.05, 4.69) is 45.9 Å². The van der Waals surface area contributed by atoms with Gasteiger partial charge in [-0.2, -0.15) is 9.78 Å². The number of H-pyrrole nitrogens is 2. The van der Waals surface area contributed by atoms with Crippen molar-refractivity contribution >= 4 is 34.4 Å². The Labute approximate surface area is 262 Å². The molecule has 6 rings (SSSR count). The van der Waals surface area contributed by atoms with Crippen LogP contribution in [0.4, 0.5) is 10.3 Å². The maximum Gasteiger partial charge on any atom is 0.292 e. The van der Waals surface area contributed by atoms with Gasteiger partial charge < -0.3 is 25.0 Å². The van der Waals surface area contributed by atoms with Crippen LogP contribution >= 0.6 is 0 Å². The van der Waals surface area contributed by atoms with Crippen LogP contribution in [0.3, 0.4) is 0 Å². The van der Waals surface area contributed by atoms with E-state index in [9.17, 15) is 14.4 Å². The third-order valence-electron chi connectivity index (χ3n) is 7.85. The van der Waals surface area contributed by atoms with Crippen LogP contribution in [0, 0.1) is 5.82 Å². The van der Waals surface area contributed by atoms with Gasteiger partial charge in [-0.15, -0.1) is 0 Å². The minimum atomic E-state index is -0.911. The lowest BCUT2D eigenvalue weighted by molar-refractivity contribution is -0.116. The summed E-state index contributed by atoms with van der Waals surface area (Å²) in [4.78, 5) is 52.1. The molecule has 0 bridgehead atoms. The van der Waals surface area contributed by atoms with Crippen molar-refractivity contribution in [2.45, 2.75) is 13.3 Å². The molecule has 16 heteroatoms. The molecular formula is C30H33FN12O3. The van der Waals surface area contributed by atoms with E-state index in [1.165, 1.54) is 6.20 Å². The highest BCUT2D eigenvalue weighted by atomic mass is 19.1. The second-order valence-corrected chi connectivity index (χ2v) is 11.0. The summed E-state index contributed by atoms with van der Waals surface area (Å²) in [5, 5.41) is 21.6. The number of benzene rings is 1. The average Bonchev–Trinajstić information content (AvgIpc) is 3.85. The van der Waals surface area contributed by atoms with E-state index in [1.54, 1.807) is 15.6 Å². The zero-order valence-electron chi connectivity index (χ0n) is 25.4. The highest BCUT2D eigenvalue weighted by molar-refractivity contribution is 6.45. The second kappa shape index (κ2) is 13.2. The number of aromatic nitrogens is 8. The zero-order valence-corrected chi connectivity index (χ0v) is 25.4. The van der Waals surface area contributed by atoms with Crippen molar-refractivity contribution < 1.29 is 18.8 Å². The van der Waals surface area contributed by atoms with Gasteiger partial charge in [-0.25, -0.2) is 9.37 Å². The maximum absolute atomic E-state index is 15.1. The number of hydrogen-bond donors (Lipinski definition) is 3. The Bertz CT molecular complexity index is 1860. The Morgan fingerprint density at radius 3 is 2.63 bits per heavy atom. The molecule has 15 nitrogen and oxygen atoms in total. The predicted molar refractivity (Wildman–Crippen MR) is 166 cm³/mol. The summed E-state index contributed by atoms with van der Waals surface area (Å²) in [6.45, 7) is 5.78. The van der Waals surface area contributed by atoms with Gasteiger partial charge in [0.25, 0.3) is 17.6 Å². The lowest BCUT2D eigenvalue weighted by Crippen LogP contribution is -2.47. The van der Waals surface area contributed by atoms with E-state index in [-0.39, 0.29) is 40.3 Å². The molecule has 1 fully saturated rings. The number of pyridine rings is 1. The van der Waals surface area contributed by atoms with Crippen LogP contribution < -0.4 is 10.2 Å². The van der Waals surface area contributed by atoms with Crippen molar-refractivity contribution in [3.63, 3.8) is 0 Å². The highest BCUT2D eigenvalue weighted by Crippen LogP contribution is 2.30. The van der Waals surface area contributed by atoms with Crippen LogP contribution in [0.25, 0.3) is 28.0 Å². The number of hydrogen-bond acceptors (Lipinski definition) is 10. The number of aromatic amines is 2. The molecule has 0 radical (unpaired) electrons. The average molecular weight is 629 g/mol. The molecular weight excluding hydrogens is 595 g/mol. The number of amides is 2. The lowest BCUT2D eigenvalue weighted by Gasteiger charge is -2.31. The van der Waals surface area contributed by atoms with E-state index in [0.717, 1.165) is 31.4 Å². The highest BCUT2D eigenvalue weighted by Gasteiger charge is 2.27. The Kier molecular flexibility index (Phi) is 8.78. The standard InChI is InChI=1S/C30H33FN12O3/c1-3-10-42(30-37-38-39-43(30)19-7-5-4-6-8-19)11-9-32-28(45)27(44)20-17-33-26-24(20)21(31)18-34-25(26)22-16-23(36-35-22)29(46)41-14-12-40(2)13-15-41/h4-8,16-18,33H,3,9-15H2,1-2H3,(H,32,45)(H,35,36). The fourth-order valence-corrected chi connectivity index (χ4v) is 5.42. The van der Waals surface area contributed by atoms with Gasteiger partial charge in [-0.05, 0) is 42.1 Å². The fraction of sp³-hybridized carbons (Fsp3) is 0.333. The summed E-state index contributed by atoms with van der Waals surface area (Å²) in [6, 6.07) is 11.0. The Hall–Kier alpha value is -5.51. The van der Waals surface area contributed by atoms with Crippen LogP contribution in [0.15, 0.2) is 48.8 Å². The SMILES string of the molecule is CCCN(CCNC(=O)C(=O)c1c[nH]c2c(-c3cc(C(=O)N4CCN(C)CC4)[nH]n3)ncc(F)c12)c1nnnn1-c1ccccc1. The maximum atomic E-state index is 15.1. The minimum Gasteiger partial charge on any atom is -0.359 e. The number of piperazine rings is 1. The first-order chi connectivity index (χ1) is 22.4. The molecule has 0 unspecified atom stereocenters. The summed E-state index contributed by atoms with van der Waals surface area (Å²) in [5.74, 6) is -2.27. The minimum absolute atomic E-state index is 0.0882. The molecule has 5 heterocycles. The third-order valence-corrected chi connectivity index (χ3v) is 7.85. The zero-order chi connectivity index (χ0) is 32.2. The van der Waals surface area contributed by atoms with Crippen LogP contribution in [-0.4, -0.2) is 121 Å². The molecule has 46 heavy (non-hydrogen) atoms. The number of nitrogens with zero attached hydrogens (tertiary/aromatic N) is 9. The van der Waals surface area contributed by atoms with E-state index in [0.29, 0.717) is 37.8 Å². The Morgan fingerprint density at radius 2 is 1.87 bits per heavy atom. The molecule has 0 atom stereocenters. The first kappa shape index (κ1) is 30.5. The lowest BCUT2D eigenvalue weighted by atomic mass is 10.1. The van der Waals surface area contributed by atoms with Crippen molar-refractivity contribution in [1.29, 1.82) is 0 Å². The van der Waals surface area contributed by atoms with Crippen LogP contribution in [0.2, 0.25) is 0 Å². The molecule has 0 spiro atoms. The number of halogens is 1. The largest absolute Gasteiger partial charge is 0.359 e. The third kappa shape index (κ3) is 6.06. The molecule has 3 N–H and O–H groups in total. The van der Waals surface area contributed by atoms with Crippen LogP contribution in [0.1, 0.15) is 34.2 Å². The van der Waals surface area contributed by atoms with Gasteiger partial charge >= 0.3 is 0 Å². The number of tetrazole rings is 1. The van der Waals surface area contributed by atoms with E-state index >= 15 is 4.39 Å². The van der Waals surface area contributed by atoms with Crippen molar-refractivity contribution in [3.05, 3.63) is 65.9 Å². The van der Waals surface area contributed by atoms with Gasteiger partial charge in [0, 0.05) is 52.0 Å². The smallest absolute Gasteiger partial charge is 0.292 e. The molecule has 0 saturated carbocycles. The molecule has 2 amide bonds. The summed E-state index contributed by atoms with van der Waals surface area (Å²) >= 11 is 0. The quantitative estimate of drug-likeness (QED) is 0.144. The number of nitrogens with one attached hydrogen (secondary N) is 3. The first-order valence-electron chi connectivity index (χ1n) is 15.0. The van der Waals surface area contributed by atoms with Gasteiger partial charge in [0.2, 0.25) is 5.95 Å². The van der Waals surface area contributed by atoms with Gasteiger partial charge in [-0.1, -0.05) is 30.2 Å². The number of carbonyl (C=O) groups is 3. The van der Waals surface area contributed by atoms with Gasteiger partial charge in [0.15, 0.2) is 5.82 Å². The van der Waals surface area contributed by atoms with Crippen molar-refractivity contribution in [1.82, 2.24) is 55.5 Å². The molecule has 5 aromatic rings. The van der Waals surface area contributed by atoms with Gasteiger partial charge in [0.1, 0.15) is 17.1 Å². The second-order valence-electron chi connectivity index (χ2n) is 11.0. The number of rotatable bonds is 11.